The summed E-state index contributed by atoms with van der Waals surface area (Å²) < 4.78 is 4.97. The first-order chi connectivity index (χ1) is 5.20. The maximum absolute atomic E-state index is 10.5. The highest BCUT2D eigenvalue weighted by molar-refractivity contribution is 7.10. The molecule has 0 aliphatic carbocycles. The quantitative estimate of drug-likeness (QED) is 0.637. The van der Waals surface area contributed by atoms with Gasteiger partial charge < -0.3 is 4.74 Å². The van der Waals surface area contributed by atoms with E-state index >= 15 is 0 Å². The van der Waals surface area contributed by atoms with Gasteiger partial charge in [-0.1, -0.05) is 6.07 Å². The largest absolute Gasteiger partial charge is 0.457 e. The van der Waals surface area contributed by atoms with Gasteiger partial charge in [-0.05, 0) is 18.4 Å². The molecule has 1 aromatic rings. The first-order valence-electron chi connectivity index (χ1n) is 3.41. The minimum Gasteiger partial charge on any atom is -0.457 e. The van der Waals surface area contributed by atoms with Crippen LogP contribution < -0.4 is 0 Å². The molecule has 1 atom stereocenters. The van der Waals surface area contributed by atoms with Gasteiger partial charge in [-0.25, -0.2) is 0 Å². The van der Waals surface area contributed by atoms with Gasteiger partial charge in [-0.3, -0.25) is 4.79 Å². The van der Waals surface area contributed by atoms with Gasteiger partial charge in [0.1, 0.15) is 6.10 Å². The number of ether oxygens (including phenoxy) is 1. The zero-order valence-corrected chi connectivity index (χ0v) is 7.35. The average molecular weight is 170 g/mol. The maximum Gasteiger partial charge on any atom is 0.303 e. The van der Waals surface area contributed by atoms with E-state index in [1.807, 2.05) is 24.4 Å². The molecule has 0 saturated carbocycles. The summed E-state index contributed by atoms with van der Waals surface area (Å²) in [7, 11) is 0. The fourth-order valence-electron chi connectivity index (χ4n) is 0.830. The third kappa shape index (κ3) is 2.35. The second-order valence-electron chi connectivity index (χ2n) is 2.27. The van der Waals surface area contributed by atoms with Crippen molar-refractivity contribution in [2.24, 2.45) is 0 Å². The van der Waals surface area contributed by atoms with E-state index < -0.39 is 0 Å². The van der Waals surface area contributed by atoms with Gasteiger partial charge in [0.15, 0.2) is 0 Å². The van der Waals surface area contributed by atoms with Gasteiger partial charge in [0.2, 0.25) is 0 Å². The van der Waals surface area contributed by atoms with Crippen LogP contribution in [-0.2, 0) is 9.53 Å². The molecule has 0 aromatic carbocycles. The molecule has 0 aliphatic heterocycles. The van der Waals surface area contributed by atoms with Crippen molar-refractivity contribution in [3.8, 4) is 0 Å². The summed E-state index contributed by atoms with van der Waals surface area (Å²) in [6.07, 6.45) is -0.104. The standard InChI is InChI=1S/C8H10O2S/c1-6(10-7(2)9)8-4-3-5-11-8/h3-6H,1-2H3/t6-/m1/s1. The van der Waals surface area contributed by atoms with E-state index in [9.17, 15) is 4.79 Å². The van der Waals surface area contributed by atoms with Gasteiger partial charge in [0, 0.05) is 11.8 Å². The SMILES string of the molecule is CC(=O)O[C@H](C)c1cccs1. The molecule has 1 rings (SSSR count). The van der Waals surface area contributed by atoms with Crippen LogP contribution in [0.5, 0.6) is 0 Å². The summed E-state index contributed by atoms with van der Waals surface area (Å²) in [5.41, 5.74) is 0. The number of rotatable bonds is 2. The number of carbonyl (C=O) groups is 1. The Bertz CT molecular complexity index is 228. The minimum absolute atomic E-state index is 0.104. The second-order valence-corrected chi connectivity index (χ2v) is 3.25. The van der Waals surface area contributed by atoms with Crippen molar-refractivity contribution in [2.45, 2.75) is 20.0 Å². The molecular formula is C8H10O2S. The Balaban J connectivity index is 2.56. The molecule has 0 N–H and O–H groups in total. The Morgan fingerprint density at radius 1 is 1.73 bits per heavy atom. The van der Waals surface area contributed by atoms with E-state index in [-0.39, 0.29) is 12.1 Å². The van der Waals surface area contributed by atoms with E-state index in [1.165, 1.54) is 6.92 Å². The van der Waals surface area contributed by atoms with Gasteiger partial charge in [0.25, 0.3) is 0 Å². The molecule has 1 heterocycles. The number of esters is 1. The molecule has 0 unspecified atom stereocenters. The monoisotopic (exact) mass is 170 g/mol. The molecule has 0 spiro atoms. The van der Waals surface area contributed by atoms with Crippen molar-refractivity contribution < 1.29 is 9.53 Å². The van der Waals surface area contributed by atoms with E-state index in [2.05, 4.69) is 0 Å². The predicted molar refractivity (Wildman–Crippen MR) is 44.5 cm³/mol. The molecule has 0 saturated heterocycles. The lowest BCUT2D eigenvalue weighted by Gasteiger charge is -2.08. The topological polar surface area (TPSA) is 26.3 Å². The highest BCUT2D eigenvalue weighted by Crippen LogP contribution is 2.21. The molecule has 1 aromatic heterocycles. The van der Waals surface area contributed by atoms with Crippen LogP contribution in [0.1, 0.15) is 24.8 Å². The molecular weight excluding hydrogens is 160 g/mol. The molecule has 11 heavy (non-hydrogen) atoms. The Kier molecular flexibility index (Phi) is 2.65. The van der Waals surface area contributed by atoms with Crippen molar-refractivity contribution in [3.05, 3.63) is 22.4 Å². The van der Waals surface area contributed by atoms with Crippen molar-refractivity contribution in [2.75, 3.05) is 0 Å². The van der Waals surface area contributed by atoms with Crippen molar-refractivity contribution in [1.82, 2.24) is 0 Å². The van der Waals surface area contributed by atoms with Crippen LogP contribution in [0.3, 0.4) is 0 Å². The highest BCUT2D eigenvalue weighted by atomic mass is 32.1. The Labute approximate surface area is 69.8 Å². The number of thiophene rings is 1. The molecule has 0 amide bonds. The Morgan fingerprint density at radius 3 is 2.91 bits per heavy atom. The smallest absolute Gasteiger partial charge is 0.303 e. The third-order valence-corrected chi connectivity index (χ3v) is 2.32. The van der Waals surface area contributed by atoms with Crippen LogP contribution in [0.2, 0.25) is 0 Å². The summed E-state index contributed by atoms with van der Waals surface area (Å²) in [5.74, 6) is -0.231. The van der Waals surface area contributed by atoms with Crippen LogP contribution in [0.25, 0.3) is 0 Å². The fraction of sp³-hybridized carbons (Fsp3) is 0.375. The predicted octanol–water partition coefficient (Wildman–Crippen LogP) is 2.37. The maximum atomic E-state index is 10.5. The Hall–Kier alpha value is -0.830. The van der Waals surface area contributed by atoms with E-state index in [0.29, 0.717) is 0 Å². The first-order valence-corrected chi connectivity index (χ1v) is 4.28. The molecule has 0 aliphatic rings. The molecule has 0 bridgehead atoms. The average Bonchev–Trinajstić information content (AvgIpc) is 2.35. The highest BCUT2D eigenvalue weighted by Gasteiger charge is 2.07. The summed E-state index contributed by atoms with van der Waals surface area (Å²) in [6.45, 7) is 3.29. The fourth-order valence-corrected chi connectivity index (χ4v) is 1.54. The second kappa shape index (κ2) is 3.53. The van der Waals surface area contributed by atoms with Crippen LogP contribution in [0.4, 0.5) is 0 Å². The van der Waals surface area contributed by atoms with Gasteiger partial charge in [-0.15, -0.1) is 11.3 Å². The molecule has 0 radical (unpaired) electrons. The molecule has 2 nitrogen and oxygen atoms in total. The minimum atomic E-state index is -0.231. The van der Waals surface area contributed by atoms with Crippen LogP contribution in [0, 0.1) is 0 Å². The van der Waals surface area contributed by atoms with Crippen LogP contribution >= 0.6 is 11.3 Å². The van der Waals surface area contributed by atoms with E-state index in [1.54, 1.807) is 11.3 Å². The third-order valence-electron chi connectivity index (χ3n) is 1.29. The first kappa shape index (κ1) is 8.27. The van der Waals surface area contributed by atoms with E-state index in [0.717, 1.165) is 4.88 Å². The van der Waals surface area contributed by atoms with Gasteiger partial charge >= 0.3 is 5.97 Å². The summed E-state index contributed by atoms with van der Waals surface area (Å²) in [4.78, 5) is 11.6. The number of hydrogen-bond acceptors (Lipinski definition) is 3. The lowest BCUT2D eigenvalue weighted by atomic mass is 10.3. The van der Waals surface area contributed by atoms with Crippen LogP contribution in [0.15, 0.2) is 17.5 Å². The van der Waals surface area contributed by atoms with Crippen molar-refractivity contribution in [3.63, 3.8) is 0 Å². The number of hydrogen-bond donors (Lipinski definition) is 0. The van der Waals surface area contributed by atoms with Gasteiger partial charge in [0.05, 0.1) is 0 Å². The summed E-state index contributed by atoms with van der Waals surface area (Å²) >= 11 is 1.60. The van der Waals surface area contributed by atoms with Crippen molar-refractivity contribution >= 4 is 17.3 Å². The Morgan fingerprint density at radius 2 is 2.45 bits per heavy atom. The lowest BCUT2D eigenvalue weighted by molar-refractivity contribution is -0.145. The number of carbonyl (C=O) groups excluding carboxylic acids is 1. The van der Waals surface area contributed by atoms with E-state index in [4.69, 9.17) is 4.74 Å². The summed E-state index contributed by atoms with van der Waals surface area (Å²) in [5, 5.41) is 1.97. The lowest BCUT2D eigenvalue weighted by Crippen LogP contribution is -2.02. The van der Waals surface area contributed by atoms with Gasteiger partial charge in [-0.2, -0.15) is 0 Å². The molecule has 0 fully saturated rings. The van der Waals surface area contributed by atoms with Crippen LogP contribution in [-0.4, -0.2) is 5.97 Å². The normalized spacial score (nSPS) is 12.5. The molecule has 60 valence electrons. The zero-order chi connectivity index (χ0) is 8.27. The summed E-state index contributed by atoms with van der Waals surface area (Å²) in [6, 6.07) is 3.90. The van der Waals surface area contributed by atoms with Crippen molar-refractivity contribution in [1.29, 1.82) is 0 Å². The zero-order valence-electron chi connectivity index (χ0n) is 6.53. The molecule has 3 heteroatoms.